The quantitative estimate of drug-likeness (QED) is 0.869. The van der Waals surface area contributed by atoms with E-state index in [0.717, 1.165) is 26.1 Å². The predicted molar refractivity (Wildman–Crippen MR) is 78.7 cm³/mol. The minimum absolute atomic E-state index is 0.147. The first kappa shape index (κ1) is 15.5. The van der Waals surface area contributed by atoms with Gasteiger partial charge in [-0.05, 0) is 24.6 Å². The number of nitrogens with zero attached hydrogens (tertiary/aromatic N) is 1. The smallest absolute Gasteiger partial charge is 0.335 e. The molecule has 1 aromatic rings. The molecule has 21 heavy (non-hydrogen) atoms. The molecular formula is C16H21NO4. The van der Waals surface area contributed by atoms with Crippen molar-refractivity contribution in [3.8, 4) is 5.75 Å². The number of carboxylic acids is 1. The van der Waals surface area contributed by atoms with Gasteiger partial charge in [0.1, 0.15) is 18.1 Å². The van der Waals surface area contributed by atoms with Crippen LogP contribution in [0.3, 0.4) is 0 Å². The van der Waals surface area contributed by atoms with Crippen LogP contribution < -0.4 is 4.74 Å². The number of likely N-dealkylation sites (tertiary alicyclic amines) is 1. The Hall–Kier alpha value is -1.88. The summed E-state index contributed by atoms with van der Waals surface area (Å²) >= 11 is 0. The zero-order valence-corrected chi connectivity index (χ0v) is 12.2. The summed E-state index contributed by atoms with van der Waals surface area (Å²) in [7, 11) is 0. The molecule has 1 N–H and O–H groups in total. The van der Waals surface area contributed by atoms with Gasteiger partial charge in [0.15, 0.2) is 0 Å². The summed E-state index contributed by atoms with van der Waals surface area (Å²) in [6.45, 7) is 4.87. The molecule has 1 saturated heterocycles. The monoisotopic (exact) mass is 291 g/mol. The molecular weight excluding hydrogens is 270 g/mol. The van der Waals surface area contributed by atoms with Gasteiger partial charge in [-0.3, -0.25) is 9.69 Å². The largest absolute Gasteiger partial charge is 0.492 e. The van der Waals surface area contributed by atoms with Crippen molar-refractivity contribution in [2.24, 2.45) is 5.92 Å². The van der Waals surface area contributed by atoms with Crippen LogP contribution in [0.1, 0.15) is 30.1 Å². The highest BCUT2D eigenvalue weighted by molar-refractivity contribution is 5.88. The van der Waals surface area contributed by atoms with Crippen molar-refractivity contribution in [1.29, 1.82) is 0 Å². The molecule has 0 amide bonds. The molecule has 114 valence electrons. The van der Waals surface area contributed by atoms with E-state index in [4.69, 9.17) is 9.84 Å². The lowest BCUT2D eigenvalue weighted by Gasteiger charge is -2.31. The fourth-order valence-electron chi connectivity index (χ4n) is 2.55. The van der Waals surface area contributed by atoms with Gasteiger partial charge < -0.3 is 9.84 Å². The number of rotatable bonds is 6. The first-order valence-corrected chi connectivity index (χ1v) is 7.31. The van der Waals surface area contributed by atoms with Gasteiger partial charge >= 0.3 is 5.97 Å². The number of carboxylic acid groups (broad SMARTS) is 1. The van der Waals surface area contributed by atoms with Crippen LogP contribution in [0.2, 0.25) is 0 Å². The SMILES string of the molecule is CCC1CN(CCOc2cccc(C(=O)O)c2)CCC1=O. The zero-order chi connectivity index (χ0) is 15.2. The summed E-state index contributed by atoms with van der Waals surface area (Å²) in [5.74, 6) is 0.119. The second-order valence-corrected chi connectivity index (χ2v) is 5.30. The van der Waals surface area contributed by atoms with Crippen molar-refractivity contribution in [2.75, 3.05) is 26.2 Å². The van der Waals surface area contributed by atoms with Crippen molar-refractivity contribution >= 4 is 11.8 Å². The third-order valence-electron chi connectivity index (χ3n) is 3.86. The zero-order valence-electron chi connectivity index (χ0n) is 12.2. The summed E-state index contributed by atoms with van der Waals surface area (Å²) in [5, 5.41) is 8.92. The summed E-state index contributed by atoms with van der Waals surface area (Å²) in [4.78, 5) is 24.8. The Morgan fingerprint density at radius 2 is 2.29 bits per heavy atom. The molecule has 0 spiro atoms. The average molecular weight is 291 g/mol. The number of benzene rings is 1. The number of hydrogen-bond donors (Lipinski definition) is 1. The lowest BCUT2D eigenvalue weighted by atomic mass is 9.94. The van der Waals surface area contributed by atoms with Crippen molar-refractivity contribution in [3.63, 3.8) is 0 Å². The van der Waals surface area contributed by atoms with E-state index in [1.54, 1.807) is 12.1 Å². The lowest BCUT2D eigenvalue weighted by Crippen LogP contribution is -2.42. The molecule has 1 aliphatic rings. The Kier molecular flexibility index (Phi) is 5.33. The van der Waals surface area contributed by atoms with E-state index in [1.165, 1.54) is 12.1 Å². The number of aromatic carboxylic acids is 1. The van der Waals surface area contributed by atoms with E-state index in [1.807, 2.05) is 6.92 Å². The van der Waals surface area contributed by atoms with E-state index in [9.17, 15) is 9.59 Å². The fourth-order valence-corrected chi connectivity index (χ4v) is 2.55. The van der Waals surface area contributed by atoms with Gasteiger partial charge in [0.2, 0.25) is 0 Å². The van der Waals surface area contributed by atoms with Gasteiger partial charge in [0, 0.05) is 32.0 Å². The Bertz CT molecular complexity index is 515. The van der Waals surface area contributed by atoms with Crippen LogP contribution in [0, 0.1) is 5.92 Å². The van der Waals surface area contributed by atoms with E-state index >= 15 is 0 Å². The van der Waals surface area contributed by atoms with E-state index < -0.39 is 5.97 Å². The van der Waals surface area contributed by atoms with Crippen LogP contribution in [0.5, 0.6) is 5.75 Å². The molecule has 1 atom stereocenters. The van der Waals surface area contributed by atoms with Gasteiger partial charge in [0.05, 0.1) is 5.56 Å². The maximum atomic E-state index is 11.7. The van der Waals surface area contributed by atoms with E-state index in [-0.39, 0.29) is 11.5 Å². The molecule has 0 radical (unpaired) electrons. The number of carbonyl (C=O) groups excluding carboxylic acids is 1. The summed E-state index contributed by atoms with van der Waals surface area (Å²) in [6, 6.07) is 6.49. The molecule has 5 nitrogen and oxygen atoms in total. The van der Waals surface area contributed by atoms with Gasteiger partial charge in [-0.15, -0.1) is 0 Å². The first-order chi connectivity index (χ1) is 10.1. The molecule has 0 aliphatic carbocycles. The molecule has 5 heteroatoms. The molecule has 0 aromatic heterocycles. The number of ketones is 1. The van der Waals surface area contributed by atoms with Crippen molar-refractivity contribution in [3.05, 3.63) is 29.8 Å². The average Bonchev–Trinajstić information content (AvgIpc) is 2.49. The second kappa shape index (κ2) is 7.22. The molecule has 2 rings (SSSR count). The lowest BCUT2D eigenvalue weighted by molar-refractivity contribution is -0.126. The van der Waals surface area contributed by atoms with E-state index in [2.05, 4.69) is 4.90 Å². The minimum Gasteiger partial charge on any atom is -0.492 e. The highest BCUT2D eigenvalue weighted by atomic mass is 16.5. The summed E-state index contributed by atoms with van der Waals surface area (Å²) < 4.78 is 5.61. The molecule has 0 saturated carbocycles. The normalized spacial score (nSPS) is 19.5. The predicted octanol–water partition coefficient (Wildman–Crippen LogP) is 2.06. The second-order valence-electron chi connectivity index (χ2n) is 5.30. The molecule has 0 bridgehead atoms. The van der Waals surface area contributed by atoms with E-state index in [0.29, 0.717) is 24.6 Å². The fraction of sp³-hybridized carbons (Fsp3) is 0.500. The van der Waals surface area contributed by atoms with Crippen LogP contribution in [-0.4, -0.2) is 48.0 Å². The Morgan fingerprint density at radius 1 is 1.48 bits per heavy atom. The van der Waals surface area contributed by atoms with Crippen LogP contribution >= 0.6 is 0 Å². The van der Waals surface area contributed by atoms with Gasteiger partial charge in [-0.2, -0.15) is 0 Å². The molecule has 1 heterocycles. The third kappa shape index (κ3) is 4.29. The van der Waals surface area contributed by atoms with Crippen molar-refractivity contribution in [1.82, 2.24) is 4.90 Å². The summed E-state index contributed by atoms with van der Waals surface area (Å²) in [6.07, 6.45) is 1.50. The maximum Gasteiger partial charge on any atom is 0.335 e. The Labute approximate surface area is 124 Å². The standard InChI is InChI=1S/C16H21NO4/c1-2-12-11-17(7-6-15(12)18)8-9-21-14-5-3-4-13(10-14)16(19)20/h3-5,10,12H,2,6-9,11H2,1H3,(H,19,20). The van der Waals surface area contributed by atoms with Crippen molar-refractivity contribution in [2.45, 2.75) is 19.8 Å². The van der Waals surface area contributed by atoms with Crippen LogP contribution in [0.15, 0.2) is 24.3 Å². The Morgan fingerprint density at radius 3 is 3.00 bits per heavy atom. The topological polar surface area (TPSA) is 66.8 Å². The number of ether oxygens (including phenoxy) is 1. The number of Topliss-reactive ketones (excluding diaryl/α,β-unsaturated/α-hetero) is 1. The minimum atomic E-state index is -0.958. The maximum absolute atomic E-state index is 11.7. The molecule has 1 aromatic carbocycles. The number of piperidine rings is 1. The number of carbonyl (C=O) groups is 2. The third-order valence-corrected chi connectivity index (χ3v) is 3.86. The van der Waals surface area contributed by atoms with Crippen LogP contribution in [0.25, 0.3) is 0 Å². The molecule has 1 aliphatic heterocycles. The van der Waals surface area contributed by atoms with Crippen LogP contribution in [0.4, 0.5) is 0 Å². The van der Waals surface area contributed by atoms with Gasteiger partial charge in [-0.25, -0.2) is 4.79 Å². The van der Waals surface area contributed by atoms with Crippen LogP contribution in [-0.2, 0) is 4.79 Å². The molecule has 1 unspecified atom stereocenters. The highest BCUT2D eigenvalue weighted by Crippen LogP contribution is 2.17. The van der Waals surface area contributed by atoms with Gasteiger partial charge in [-0.1, -0.05) is 13.0 Å². The highest BCUT2D eigenvalue weighted by Gasteiger charge is 2.25. The Balaban J connectivity index is 1.80. The van der Waals surface area contributed by atoms with Crippen molar-refractivity contribution < 1.29 is 19.4 Å². The summed E-state index contributed by atoms with van der Waals surface area (Å²) in [5.41, 5.74) is 0.224. The number of hydrogen-bond acceptors (Lipinski definition) is 4. The van der Waals surface area contributed by atoms with Gasteiger partial charge in [0.25, 0.3) is 0 Å². The first-order valence-electron chi connectivity index (χ1n) is 7.31. The molecule has 1 fully saturated rings.